The Bertz CT molecular complexity index is 469. The number of unbranched alkanes of at least 4 members (excludes halogenated alkanes) is 2. The first-order valence-electron chi connectivity index (χ1n) is 7.24. The third-order valence-corrected chi connectivity index (χ3v) is 3.40. The van der Waals surface area contributed by atoms with Crippen molar-refractivity contribution in [2.24, 2.45) is 0 Å². The first-order chi connectivity index (χ1) is 9.81. The Balaban J connectivity index is 3.20. The average molecular weight is 301 g/mol. The van der Waals surface area contributed by atoms with Crippen LogP contribution >= 0.6 is 0 Å². The zero-order valence-corrected chi connectivity index (χ0v) is 12.7. The van der Waals surface area contributed by atoms with Gasteiger partial charge in [0.05, 0.1) is 5.56 Å². The molecule has 0 aliphatic heterocycles. The van der Waals surface area contributed by atoms with Gasteiger partial charge in [-0.15, -0.1) is 0 Å². The fourth-order valence-corrected chi connectivity index (χ4v) is 2.29. The predicted molar refractivity (Wildman–Crippen MR) is 78.8 cm³/mol. The van der Waals surface area contributed by atoms with Gasteiger partial charge in [0.2, 0.25) is 0 Å². The van der Waals surface area contributed by atoms with Gasteiger partial charge >= 0.3 is 6.18 Å². The molecule has 0 spiro atoms. The van der Waals surface area contributed by atoms with Crippen LogP contribution in [0, 0.1) is 0 Å². The van der Waals surface area contributed by atoms with Crippen molar-refractivity contribution in [1.82, 2.24) is 0 Å². The lowest BCUT2D eigenvalue weighted by Crippen LogP contribution is -2.33. The van der Waals surface area contributed by atoms with Crippen LogP contribution in [-0.2, 0) is 6.18 Å². The predicted octanol–water partition coefficient (Wildman–Crippen LogP) is 4.92. The molecule has 0 unspecified atom stereocenters. The quantitative estimate of drug-likeness (QED) is 0.526. The number of carbonyl (C=O) groups excluding carboxylic acids is 1. The Morgan fingerprint density at radius 2 is 1.90 bits per heavy atom. The number of nitrogens with zero attached hydrogens (tertiary/aromatic N) is 1. The summed E-state index contributed by atoms with van der Waals surface area (Å²) in [6.45, 7) is 6.38. The minimum Gasteiger partial charge on any atom is -0.369 e. The molecule has 21 heavy (non-hydrogen) atoms. The highest BCUT2D eigenvalue weighted by atomic mass is 19.4. The summed E-state index contributed by atoms with van der Waals surface area (Å²) in [6.07, 6.45) is -1.18. The van der Waals surface area contributed by atoms with Gasteiger partial charge in [0, 0.05) is 23.8 Å². The number of rotatable bonds is 7. The van der Waals surface area contributed by atoms with Crippen LogP contribution in [0.25, 0.3) is 0 Å². The first-order valence-corrected chi connectivity index (χ1v) is 7.24. The fourth-order valence-electron chi connectivity index (χ4n) is 2.29. The molecule has 5 heteroatoms. The Morgan fingerprint density at radius 3 is 2.38 bits per heavy atom. The molecule has 1 rings (SSSR count). The molecule has 0 heterocycles. The van der Waals surface area contributed by atoms with Crippen molar-refractivity contribution >= 4 is 12.0 Å². The number of aldehydes is 1. The Hall–Kier alpha value is -1.52. The number of anilines is 1. The number of carbonyl (C=O) groups is 1. The van der Waals surface area contributed by atoms with Crippen molar-refractivity contribution in [3.8, 4) is 0 Å². The summed E-state index contributed by atoms with van der Waals surface area (Å²) in [7, 11) is 0. The summed E-state index contributed by atoms with van der Waals surface area (Å²) in [5.74, 6) is 0. The molecule has 0 fully saturated rings. The van der Waals surface area contributed by atoms with Gasteiger partial charge in [0.1, 0.15) is 6.29 Å². The highest BCUT2D eigenvalue weighted by molar-refractivity contribution is 5.77. The van der Waals surface area contributed by atoms with Crippen molar-refractivity contribution < 1.29 is 18.0 Å². The molecule has 2 nitrogen and oxygen atoms in total. The second-order valence-corrected chi connectivity index (χ2v) is 5.39. The molecule has 118 valence electrons. The maximum Gasteiger partial charge on any atom is 0.418 e. The van der Waals surface area contributed by atoms with E-state index in [0.717, 1.165) is 25.3 Å². The molecule has 0 saturated carbocycles. The molecule has 0 bridgehead atoms. The standard InChI is InChI=1S/C16H22F3NO/c1-4-5-6-9-20(12(2)3)15-8-7-13(11-21)10-14(15)16(17,18)19/h7-8,10-12H,4-6,9H2,1-3H3. The fraction of sp³-hybridized carbons (Fsp3) is 0.562. The topological polar surface area (TPSA) is 20.3 Å². The molecule has 0 amide bonds. The maximum atomic E-state index is 13.2. The Kier molecular flexibility index (Phi) is 6.24. The second kappa shape index (κ2) is 7.48. The van der Waals surface area contributed by atoms with E-state index in [1.807, 2.05) is 13.8 Å². The van der Waals surface area contributed by atoms with E-state index in [1.165, 1.54) is 12.1 Å². The summed E-state index contributed by atoms with van der Waals surface area (Å²) >= 11 is 0. The molecular formula is C16H22F3NO. The molecule has 0 aliphatic rings. The third-order valence-electron chi connectivity index (χ3n) is 3.40. The molecule has 0 N–H and O–H groups in total. The van der Waals surface area contributed by atoms with Crippen LogP contribution in [0.1, 0.15) is 56.0 Å². The van der Waals surface area contributed by atoms with E-state index in [0.29, 0.717) is 12.8 Å². The van der Waals surface area contributed by atoms with E-state index in [2.05, 4.69) is 6.92 Å². The highest BCUT2D eigenvalue weighted by Crippen LogP contribution is 2.37. The van der Waals surface area contributed by atoms with Crippen LogP contribution < -0.4 is 4.90 Å². The van der Waals surface area contributed by atoms with E-state index in [9.17, 15) is 18.0 Å². The summed E-state index contributed by atoms with van der Waals surface area (Å²) in [6, 6.07) is 3.73. The van der Waals surface area contributed by atoms with Gasteiger partial charge < -0.3 is 4.90 Å². The Morgan fingerprint density at radius 1 is 1.24 bits per heavy atom. The SMILES string of the molecule is CCCCCN(c1ccc(C=O)cc1C(F)(F)F)C(C)C. The normalized spacial score (nSPS) is 11.8. The van der Waals surface area contributed by atoms with Crippen LogP contribution in [0.3, 0.4) is 0 Å². The van der Waals surface area contributed by atoms with Crippen molar-refractivity contribution in [2.75, 3.05) is 11.4 Å². The summed E-state index contributed by atoms with van der Waals surface area (Å²) < 4.78 is 39.7. The zero-order chi connectivity index (χ0) is 16.0. The Labute approximate surface area is 123 Å². The summed E-state index contributed by atoms with van der Waals surface area (Å²) in [4.78, 5) is 12.5. The summed E-state index contributed by atoms with van der Waals surface area (Å²) in [5.41, 5.74) is -0.542. The van der Waals surface area contributed by atoms with E-state index < -0.39 is 11.7 Å². The number of hydrogen-bond donors (Lipinski definition) is 0. The van der Waals surface area contributed by atoms with Crippen LogP contribution in [0.15, 0.2) is 18.2 Å². The average Bonchev–Trinajstić information content (AvgIpc) is 2.42. The number of alkyl halides is 3. The molecule has 0 atom stereocenters. The molecule has 0 saturated heterocycles. The number of halogens is 3. The van der Waals surface area contributed by atoms with Crippen molar-refractivity contribution in [2.45, 2.75) is 52.3 Å². The summed E-state index contributed by atoms with van der Waals surface area (Å²) in [5, 5.41) is 0. The van der Waals surface area contributed by atoms with Crippen molar-refractivity contribution in [3.05, 3.63) is 29.3 Å². The lowest BCUT2D eigenvalue weighted by atomic mass is 10.1. The smallest absolute Gasteiger partial charge is 0.369 e. The zero-order valence-electron chi connectivity index (χ0n) is 12.7. The monoisotopic (exact) mass is 301 g/mol. The van der Waals surface area contributed by atoms with E-state index in [4.69, 9.17) is 0 Å². The van der Waals surface area contributed by atoms with Gasteiger partial charge in [-0.2, -0.15) is 13.2 Å². The van der Waals surface area contributed by atoms with Gasteiger partial charge in [-0.25, -0.2) is 0 Å². The second-order valence-electron chi connectivity index (χ2n) is 5.39. The lowest BCUT2D eigenvalue weighted by Gasteiger charge is -2.31. The van der Waals surface area contributed by atoms with Gasteiger partial charge in [0.15, 0.2) is 0 Å². The first kappa shape index (κ1) is 17.5. The van der Waals surface area contributed by atoms with Gasteiger partial charge in [-0.3, -0.25) is 4.79 Å². The molecular weight excluding hydrogens is 279 g/mol. The minimum absolute atomic E-state index is 0.0370. The van der Waals surface area contributed by atoms with Gasteiger partial charge in [-0.05, 0) is 38.5 Å². The third kappa shape index (κ3) is 4.76. The lowest BCUT2D eigenvalue weighted by molar-refractivity contribution is -0.137. The van der Waals surface area contributed by atoms with Crippen LogP contribution in [0.2, 0.25) is 0 Å². The van der Waals surface area contributed by atoms with E-state index in [-0.39, 0.29) is 17.3 Å². The number of benzene rings is 1. The van der Waals surface area contributed by atoms with Crippen LogP contribution in [-0.4, -0.2) is 18.9 Å². The largest absolute Gasteiger partial charge is 0.418 e. The van der Waals surface area contributed by atoms with Crippen molar-refractivity contribution in [1.29, 1.82) is 0 Å². The maximum absolute atomic E-state index is 13.2. The van der Waals surface area contributed by atoms with Crippen LogP contribution in [0.5, 0.6) is 0 Å². The van der Waals surface area contributed by atoms with Gasteiger partial charge in [0.25, 0.3) is 0 Å². The van der Waals surface area contributed by atoms with E-state index in [1.54, 1.807) is 4.90 Å². The molecule has 1 aromatic rings. The van der Waals surface area contributed by atoms with Crippen molar-refractivity contribution in [3.63, 3.8) is 0 Å². The van der Waals surface area contributed by atoms with Gasteiger partial charge in [-0.1, -0.05) is 19.8 Å². The van der Waals surface area contributed by atoms with E-state index >= 15 is 0 Å². The molecule has 0 aliphatic carbocycles. The molecule has 0 radical (unpaired) electrons. The molecule has 1 aromatic carbocycles. The number of hydrogen-bond acceptors (Lipinski definition) is 2. The van der Waals surface area contributed by atoms with Crippen LogP contribution in [0.4, 0.5) is 18.9 Å². The minimum atomic E-state index is -4.47. The molecule has 0 aromatic heterocycles. The highest BCUT2D eigenvalue weighted by Gasteiger charge is 2.35.